The zero-order chi connectivity index (χ0) is 26.7. The fourth-order valence-corrected chi connectivity index (χ4v) is 5.79. The van der Waals surface area contributed by atoms with Gasteiger partial charge in [0, 0.05) is 31.1 Å². The van der Waals surface area contributed by atoms with E-state index in [2.05, 4.69) is 10.3 Å². The molecule has 37 heavy (non-hydrogen) atoms. The van der Waals surface area contributed by atoms with E-state index < -0.39 is 29.8 Å². The van der Waals surface area contributed by atoms with Crippen LogP contribution >= 0.6 is 11.3 Å². The number of likely N-dealkylation sites (tertiary alicyclic amines) is 1. The monoisotopic (exact) mass is 530 g/mol. The number of benzene rings is 1. The molecule has 0 aliphatic carbocycles. The molecule has 1 aromatic heterocycles. The average Bonchev–Trinajstić information content (AvgIpc) is 3.56. The number of halogens is 1. The van der Waals surface area contributed by atoms with E-state index in [9.17, 15) is 29.5 Å². The standard InChI is InChI=1S/C25H31FN6O4S/c1-14(15-6-9-31(10-7-15)19-5-4-17(26)11-16(19)12-27)29-23(35)21(33)22(34)24(36)32-8-2-3-20(32)18-13-37-25(28)30-18/h4-5,11,13-15,20-22,33-34H,2-3,6-10H2,1H3,(H2,28,30)(H,29,35)/t14-,20-,21-,22-/m1/s1. The second kappa shape index (κ2) is 11.4. The fourth-order valence-electron chi connectivity index (χ4n) is 5.18. The molecule has 10 nitrogen and oxygen atoms in total. The molecule has 3 heterocycles. The summed E-state index contributed by atoms with van der Waals surface area (Å²) in [6.07, 6.45) is -1.02. The Morgan fingerprint density at radius 1 is 1.24 bits per heavy atom. The number of thiazole rings is 1. The third-order valence-electron chi connectivity index (χ3n) is 7.27. The van der Waals surface area contributed by atoms with Crippen molar-refractivity contribution in [2.45, 2.75) is 56.9 Å². The Kier molecular flexibility index (Phi) is 8.26. The Hall–Kier alpha value is -3.27. The van der Waals surface area contributed by atoms with Crippen molar-refractivity contribution in [2.75, 3.05) is 30.3 Å². The summed E-state index contributed by atoms with van der Waals surface area (Å²) in [4.78, 5) is 33.4. The van der Waals surface area contributed by atoms with Crippen LogP contribution in [0.1, 0.15) is 49.9 Å². The average molecular weight is 531 g/mol. The molecule has 5 N–H and O–H groups in total. The largest absolute Gasteiger partial charge is 0.380 e. The van der Waals surface area contributed by atoms with E-state index in [0.717, 1.165) is 0 Å². The number of aliphatic hydroxyl groups is 2. The van der Waals surface area contributed by atoms with Gasteiger partial charge < -0.3 is 31.1 Å². The molecular weight excluding hydrogens is 499 g/mol. The van der Waals surface area contributed by atoms with Crippen molar-refractivity contribution in [1.29, 1.82) is 5.26 Å². The molecule has 4 atom stereocenters. The second-order valence-corrected chi connectivity index (χ2v) is 10.5. The number of aromatic nitrogens is 1. The van der Waals surface area contributed by atoms with Crippen molar-refractivity contribution >= 4 is 34.0 Å². The van der Waals surface area contributed by atoms with Gasteiger partial charge in [-0.3, -0.25) is 9.59 Å². The lowest BCUT2D eigenvalue weighted by molar-refractivity contribution is -0.154. The first-order valence-corrected chi connectivity index (χ1v) is 13.2. The number of nitrogens with one attached hydrogen (secondary N) is 1. The molecule has 0 spiro atoms. The zero-order valence-corrected chi connectivity index (χ0v) is 21.3. The molecule has 4 rings (SSSR count). The van der Waals surface area contributed by atoms with Gasteiger partial charge in [-0.05, 0) is 56.7 Å². The molecule has 2 amide bonds. The number of aliphatic hydroxyl groups excluding tert-OH is 2. The first-order valence-electron chi connectivity index (χ1n) is 12.3. The van der Waals surface area contributed by atoms with Gasteiger partial charge in [0.1, 0.15) is 11.9 Å². The number of piperidine rings is 1. The highest BCUT2D eigenvalue weighted by Crippen LogP contribution is 2.34. The molecule has 2 saturated heterocycles. The van der Waals surface area contributed by atoms with Crippen LogP contribution < -0.4 is 16.0 Å². The minimum Gasteiger partial charge on any atom is -0.380 e. The van der Waals surface area contributed by atoms with Crippen molar-refractivity contribution in [1.82, 2.24) is 15.2 Å². The maximum atomic E-state index is 13.5. The molecule has 2 aliphatic rings. The number of nitriles is 1. The lowest BCUT2D eigenvalue weighted by Crippen LogP contribution is -2.53. The predicted octanol–water partition coefficient (Wildman–Crippen LogP) is 1.54. The van der Waals surface area contributed by atoms with E-state index in [4.69, 9.17) is 5.73 Å². The Labute approximate surface area is 218 Å². The van der Waals surface area contributed by atoms with Crippen LogP contribution in [0.2, 0.25) is 0 Å². The van der Waals surface area contributed by atoms with Gasteiger partial charge in [-0.25, -0.2) is 9.37 Å². The van der Waals surface area contributed by atoms with E-state index in [1.807, 2.05) is 17.9 Å². The topological polar surface area (TPSA) is 156 Å². The molecule has 2 aliphatic heterocycles. The number of anilines is 2. The van der Waals surface area contributed by atoms with E-state index in [-0.39, 0.29) is 23.6 Å². The van der Waals surface area contributed by atoms with Crippen molar-refractivity contribution in [3.63, 3.8) is 0 Å². The zero-order valence-electron chi connectivity index (χ0n) is 20.5. The van der Waals surface area contributed by atoms with Crippen molar-refractivity contribution in [3.05, 3.63) is 40.7 Å². The summed E-state index contributed by atoms with van der Waals surface area (Å²) >= 11 is 1.27. The maximum Gasteiger partial charge on any atom is 0.255 e. The van der Waals surface area contributed by atoms with E-state index in [1.54, 1.807) is 11.4 Å². The summed E-state index contributed by atoms with van der Waals surface area (Å²) in [6, 6.07) is 5.51. The summed E-state index contributed by atoms with van der Waals surface area (Å²) in [5, 5.41) is 35.2. The van der Waals surface area contributed by atoms with Gasteiger partial charge in [-0.1, -0.05) is 0 Å². The number of nitrogens with two attached hydrogens (primary N) is 1. The van der Waals surface area contributed by atoms with Gasteiger partial charge >= 0.3 is 0 Å². The number of nitrogen functional groups attached to an aromatic ring is 1. The first-order chi connectivity index (χ1) is 17.7. The number of hydrogen-bond donors (Lipinski definition) is 4. The minimum atomic E-state index is -1.91. The van der Waals surface area contributed by atoms with Gasteiger partial charge in [-0.15, -0.1) is 11.3 Å². The molecule has 0 saturated carbocycles. The van der Waals surface area contributed by atoms with Crippen molar-refractivity contribution in [2.24, 2.45) is 5.92 Å². The second-order valence-electron chi connectivity index (χ2n) is 9.58. The Bertz CT molecular complexity index is 1180. The Morgan fingerprint density at radius 3 is 2.62 bits per heavy atom. The molecule has 1 aromatic carbocycles. The van der Waals surface area contributed by atoms with E-state index in [0.29, 0.717) is 61.8 Å². The highest BCUT2D eigenvalue weighted by molar-refractivity contribution is 7.13. The fraction of sp³-hybridized carbons (Fsp3) is 0.520. The number of rotatable bonds is 7. The first kappa shape index (κ1) is 26.8. The van der Waals surface area contributed by atoms with Crippen LogP contribution in [0.4, 0.5) is 15.2 Å². The SMILES string of the molecule is C[C@@H](NC(=O)[C@H](O)[C@@H](O)C(=O)N1CCC[C@@H]1c1csc(N)n1)C1CCN(c2ccc(F)cc2C#N)CC1. The lowest BCUT2D eigenvalue weighted by Gasteiger charge is -2.37. The predicted molar refractivity (Wildman–Crippen MR) is 136 cm³/mol. The quantitative estimate of drug-likeness (QED) is 0.420. The van der Waals surface area contributed by atoms with Crippen LogP contribution in [-0.4, -0.2) is 69.8 Å². The number of carbonyl (C=O) groups is 2. The normalized spacial score (nSPS) is 20.8. The van der Waals surface area contributed by atoms with Crippen LogP contribution in [0.3, 0.4) is 0 Å². The van der Waals surface area contributed by atoms with Gasteiger partial charge in [0.15, 0.2) is 17.3 Å². The van der Waals surface area contributed by atoms with Gasteiger partial charge in [-0.2, -0.15) is 5.26 Å². The third-order valence-corrected chi connectivity index (χ3v) is 7.97. The van der Waals surface area contributed by atoms with Gasteiger partial charge in [0.25, 0.3) is 11.8 Å². The third kappa shape index (κ3) is 5.84. The van der Waals surface area contributed by atoms with Crippen LogP contribution in [0.5, 0.6) is 0 Å². The summed E-state index contributed by atoms with van der Waals surface area (Å²) in [7, 11) is 0. The number of amides is 2. The summed E-state index contributed by atoms with van der Waals surface area (Å²) in [5.74, 6) is -1.90. The highest BCUT2D eigenvalue weighted by atomic mass is 32.1. The minimum absolute atomic E-state index is 0.0873. The van der Waals surface area contributed by atoms with Crippen LogP contribution in [0, 0.1) is 23.1 Å². The number of nitrogens with zero attached hydrogens (tertiary/aromatic N) is 4. The summed E-state index contributed by atoms with van der Waals surface area (Å²) < 4.78 is 13.5. The smallest absolute Gasteiger partial charge is 0.255 e. The number of carbonyl (C=O) groups excluding carboxylic acids is 2. The molecule has 2 fully saturated rings. The van der Waals surface area contributed by atoms with Crippen molar-refractivity contribution < 1.29 is 24.2 Å². The Balaban J connectivity index is 1.30. The summed E-state index contributed by atoms with van der Waals surface area (Å²) in [5.41, 5.74) is 7.31. The van der Waals surface area contributed by atoms with Gasteiger partial charge in [0.2, 0.25) is 0 Å². The summed E-state index contributed by atoms with van der Waals surface area (Å²) in [6.45, 7) is 3.45. The van der Waals surface area contributed by atoms with Gasteiger partial charge in [0.05, 0.1) is 23.0 Å². The number of hydrogen-bond acceptors (Lipinski definition) is 9. The molecule has 0 radical (unpaired) electrons. The maximum absolute atomic E-state index is 13.5. The van der Waals surface area contributed by atoms with Crippen LogP contribution in [-0.2, 0) is 9.59 Å². The van der Waals surface area contributed by atoms with Crippen LogP contribution in [0.25, 0.3) is 0 Å². The highest BCUT2D eigenvalue weighted by Gasteiger charge is 2.40. The Morgan fingerprint density at radius 2 is 1.97 bits per heavy atom. The molecule has 198 valence electrons. The molecular formula is C25H31FN6O4S. The molecule has 0 unspecified atom stereocenters. The molecule has 0 bridgehead atoms. The van der Waals surface area contributed by atoms with E-state index >= 15 is 0 Å². The molecule has 2 aromatic rings. The van der Waals surface area contributed by atoms with Crippen LogP contribution in [0.15, 0.2) is 23.6 Å². The van der Waals surface area contributed by atoms with Crippen molar-refractivity contribution in [3.8, 4) is 6.07 Å². The lowest BCUT2D eigenvalue weighted by atomic mass is 9.89. The van der Waals surface area contributed by atoms with E-state index in [1.165, 1.54) is 28.4 Å². The molecule has 12 heteroatoms.